The van der Waals surface area contributed by atoms with Gasteiger partial charge in [-0.25, -0.2) is 0 Å². The quantitative estimate of drug-likeness (QED) is 0.481. The summed E-state index contributed by atoms with van der Waals surface area (Å²) in [4.78, 5) is 0. The Labute approximate surface area is 74.4 Å². The van der Waals surface area contributed by atoms with E-state index in [9.17, 15) is 0 Å². The van der Waals surface area contributed by atoms with Crippen molar-refractivity contribution in [1.82, 2.24) is 0 Å². The lowest BCUT2D eigenvalue weighted by Crippen LogP contribution is -1.76. The molecule has 0 bridgehead atoms. The smallest absolute Gasteiger partial charge is 0.0154 e. The fourth-order valence-corrected chi connectivity index (χ4v) is 0.726. The van der Waals surface area contributed by atoms with E-state index >= 15 is 0 Å². The van der Waals surface area contributed by atoms with E-state index in [0.717, 1.165) is 16.9 Å². The summed E-state index contributed by atoms with van der Waals surface area (Å²) in [6.45, 7) is 9.31. The lowest BCUT2D eigenvalue weighted by Gasteiger charge is -1.92. The van der Waals surface area contributed by atoms with Gasteiger partial charge in [0.25, 0.3) is 0 Å². The van der Waals surface area contributed by atoms with Crippen LogP contribution >= 0.6 is 12.6 Å². The van der Waals surface area contributed by atoms with Gasteiger partial charge in [-0.05, 0) is 12.5 Å². The monoisotopic (exact) mass is 166 g/mol. The first kappa shape index (κ1) is 10.3. The minimum atomic E-state index is 0.727. The molecule has 60 valence electrons. The predicted octanol–water partition coefficient (Wildman–Crippen LogP) is 3.16. The molecule has 0 N–H and O–H groups in total. The van der Waals surface area contributed by atoms with E-state index in [1.807, 2.05) is 25.2 Å². The van der Waals surface area contributed by atoms with Crippen molar-refractivity contribution in [2.24, 2.45) is 0 Å². The number of hydrogen-bond donors (Lipinski definition) is 1. The molecule has 0 saturated heterocycles. The Morgan fingerprint density at radius 2 is 1.91 bits per heavy atom. The van der Waals surface area contributed by atoms with Gasteiger partial charge < -0.3 is 0 Å². The van der Waals surface area contributed by atoms with E-state index in [1.165, 1.54) is 0 Å². The third-order valence-corrected chi connectivity index (χ3v) is 1.69. The molecule has 0 aliphatic heterocycles. The van der Waals surface area contributed by atoms with Crippen molar-refractivity contribution in [3.63, 3.8) is 0 Å². The van der Waals surface area contributed by atoms with Crippen LogP contribution in [0.25, 0.3) is 0 Å². The second-order valence-corrected chi connectivity index (χ2v) is 2.53. The molecule has 0 spiro atoms. The van der Waals surface area contributed by atoms with Crippen LogP contribution in [-0.2, 0) is 0 Å². The average Bonchev–Trinajstić information content (AvgIpc) is 2.06. The molecular formula is C10H14S. The van der Waals surface area contributed by atoms with Gasteiger partial charge in [0.05, 0.1) is 0 Å². The first-order chi connectivity index (χ1) is 5.24. The highest BCUT2D eigenvalue weighted by Gasteiger charge is 1.83. The van der Waals surface area contributed by atoms with Crippen molar-refractivity contribution in [3.8, 4) is 0 Å². The number of allylic oxidation sites excluding steroid dienone is 5. The summed E-state index contributed by atoms with van der Waals surface area (Å²) in [5.41, 5.74) is 2.26. The van der Waals surface area contributed by atoms with Gasteiger partial charge in [0, 0.05) is 5.75 Å². The molecule has 0 aliphatic carbocycles. The van der Waals surface area contributed by atoms with Gasteiger partial charge >= 0.3 is 0 Å². The van der Waals surface area contributed by atoms with Crippen LogP contribution in [0.5, 0.6) is 0 Å². The van der Waals surface area contributed by atoms with Gasteiger partial charge in [-0.15, -0.1) is 0 Å². The average molecular weight is 166 g/mol. The largest absolute Gasteiger partial charge is 0.175 e. The topological polar surface area (TPSA) is 0 Å². The Morgan fingerprint density at radius 1 is 1.27 bits per heavy atom. The molecule has 0 aromatic carbocycles. The Morgan fingerprint density at radius 3 is 2.27 bits per heavy atom. The fraction of sp³-hybridized carbons (Fsp3) is 0.200. The standard InChI is InChI=1S/C10H14S/c1-4-9(3)6-7-10(5-2)8-11/h4-7,11H,1-2,8H2,3H3/b9-6-,10-7+. The summed E-state index contributed by atoms with van der Waals surface area (Å²) in [5.74, 6) is 0.727. The van der Waals surface area contributed by atoms with E-state index in [4.69, 9.17) is 0 Å². The molecule has 0 aromatic heterocycles. The SMILES string of the molecule is C=C/C(C)=C\C=C(/C=C)CS. The van der Waals surface area contributed by atoms with Crippen LogP contribution in [-0.4, -0.2) is 5.75 Å². The Hall–Kier alpha value is -0.690. The van der Waals surface area contributed by atoms with E-state index < -0.39 is 0 Å². The van der Waals surface area contributed by atoms with E-state index in [-0.39, 0.29) is 0 Å². The van der Waals surface area contributed by atoms with Crippen LogP contribution in [0.3, 0.4) is 0 Å². The molecule has 0 fully saturated rings. The van der Waals surface area contributed by atoms with Crippen LogP contribution in [0.4, 0.5) is 0 Å². The molecule has 0 amide bonds. The predicted molar refractivity (Wildman–Crippen MR) is 56.1 cm³/mol. The number of hydrogen-bond acceptors (Lipinski definition) is 1. The highest BCUT2D eigenvalue weighted by Crippen LogP contribution is 2.01. The molecular weight excluding hydrogens is 152 g/mol. The van der Waals surface area contributed by atoms with Crippen molar-refractivity contribution >= 4 is 12.6 Å². The summed E-state index contributed by atoms with van der Waals surface area (Å²) in [6.07, 6.45) is 7.62. The first-order valence-electron chi connectivity index (χ1n) is 3.47. The van der Waals surface area contributed by atoms with Crippen LogP contribution in [0, 0.1) is 0 Å². The molecule has 0 nitrogen and oxygen atoms in total. The molecule has 11 heavy (non-hydrogen) atoms. The summed E-state index contributed by atoms with van der Waals surface area (Å²) in [5, 5.41) is 0. The highest BCUT2D eigenvalue weighted by molar-refractivity contribution is 7.80. The summed E-state index contributed by atoms with van der Waals surface area (Å²) < 4.78 is 0. The minimum absolute atomic E-state index is 0.727. The molecule has 0 atom stereocenters. The van der Waals surface area contributed by atoms with Gasteiger partial charge in [0.1, 0.15) is 0 Å². The van der Waals surface area contributed by atoms with Gasteiger partial charge in [0.2, 0.25) is 0 Å². The molecule has 0 aliphatic rings. The molecule has 0 heterocycles. The zero-order valence-corrected chi connectivity index (χ0v) is 7.77. The third-order valence-electron chi connectivity index (χ3n) is 1.33. The lowest BCUT2D eigenvalue weighted by atomic mass is 10.2. The maximum atomic E-state index is 4.13. The molecule has 0 radical (unpaired) electrons. The molecule has 0 unspecified atom stereocenters. The number of rotatable bonds is 4. The summed E-state index contributed by atoms with van der Waals surface area (Å²) >= 11 is 4.13. The summed E-state index contributed by atoms with van der Waals surface area (Å²) in [7, 11) is 0. The zero-order valence-electron chi connectivity index (χ0n) is 6.88. The van der Waals surface area contributed by atoms with Crippen molar-refractivity contribution in [1.29, 1.82) is 0 Å². The zero-order chi connectivity index (χ0) is 8.69. The second-order valence-electron chi connectivity index (χ2n) is 2.22. The van der Waals surface area contributed by atoms with Crippen molar-refractivity contribution < 1.29 is 0 Å². The van der Waals surface area contributed by atoms with Crippen molar-refractivity contribution in [2.75, 3.05) is 5.75 Å². The second kappa shape index (κ2) is 6.05. The van der Waals surface area contributed by atoms with Gasteiger partial charge in [-0.1, -0.05) is 43.0 Å². The fourth-order valence-electron chi connectivity index (χ4n) is 0.492. The Balaban J connectivity index is 4.28. The maximum absolute atomic E-state index is 4.13. The Bertz CT molecular complexity index is 197. The summed E-state index contributed by atoms with van der Waals surface area (Å²) in [6, 6.07) is 0. The molecule has 0 saturated carbocycles. The number of thiol groups is 1. The third kappa shape index (κ3) is 4.68. The van der Waals surface area contributed by atoms with Crippen LogP contribution in [0.2, 0.25) is 0 Å². The molecule has 0 rings (SSSR count). The molecule has 1 heteroatoms. The van der Waals surface area contributed by atoms with Gasteiger partial charge in [-0.3, -0.25) is 0 Å². The Kier molecular flexibility index (Phi) is 5.67. The van der Waals surface area contributed by atoms with Crippen LogP contribution < -0.4 is 0 Å². The highest BCUT2D eigenvalue weighted by atomic mass is 32.1. The van der Waals surface area contributed by atoms with E-state index in [1.54, 1.807) is 6.08 Å². The van der Waals surface area contributed by atoms with Crippen LogP contribution in [0.15, 0.2) is 48.6 Å². The normalized spacial score (nSPS) is 12.9. The lowest BCUT2D eigenvalue weighted by molar-refractivity contribution is 1.50. The van der Waals surface area contributed by atoms with Crippen LogP contribution in [0.1, 0.15) is 6.92 Å². The van der Waals surface area contributed by atoms with Gasteiger partial charge in [0.15, 0.2) is 0 Å². The minimum Gasteiger partial charge on any atom is -0.175 e. The van der Waals surface area contributed by atoms with Gasteiger partial charge in [-0.2, -0.15) is 12.6 Å². The van der Waals surface area contributed by atoms with Crippen molar-refractivity contribution in [2.45, 2.75) is 6.92 Å². The van der Waals surface area contributed by atoms with E-state index in [2.05, 4.69) is 25.8 Å². The first-order valence-corrected chi connectivity index (χ1v) is 4.11. The maximum Gasteiger partial charge on any atom is 0.0154 e. The molecule has 0 aromatic rings. The van der Waals surface area contributed by atoms with Crippen molar-refractivity contribution in [3.05, 3.63) is 48.6 Å². The van der Waals surface area contributed by atoms with E-state index in [0.29, 0.717) is 0 Å².